The van der Waals surface area contributed by atoms with Crippen LogP contribution in [0.2, 0.25) is 0 Å². The van der Waals surface area contributed by atoms with Gasteiger partial charge in [0.25, 0.3) is 0 Å². The SMILES string of the molecule is O=C(O)CC1CS(=O)(=O)CCN1C(=O)C1CC=CCC1. The Morgan fingerprint density at radius 2 is 2.05 bits per heavy atom. The summed E-state index contributed by atoms with van der Waals surface area (Å²) < 4.78 is 23.3. The third kappa shape index (κ3) is 3.59. The fourth-order valence-electron chi connectivity index (χ4n) is 2.80. The van der Waals surface area contributed by atoms with E-state index < -0.39 is 21.8 Å². The van der Waals surface area contributed by atoms with Gasteiger partial charge in [-0.05, 0) is 19.3 Å². The molecular formula is C13H19NO5S. The fraction of sp³-hybridized carbons (Fsp3) is 0.692. The number of allylic oxidation sites excluding steroid dienone is 2. The Morgan fingerprint density at radius 1 is 1.30 bits per heavy atom. The van der Waals surface area contributed by atoms with E-state index in [9.17, 15) is 18.0 Å². The molecule has 20 heavy (non-hydrogen) atoms. The van der Waals surface area contributed by atoms with Crippen molar-refractivity contribution >= 4 is 21.7 Å². The largest absolute Gasteiger partial charge is 0.481 e. The maximum absolute atomic E-state index is 12.5. The Hall–Kier alpha value is -1.37. The molecule has 1 fully saturated rings. The van der Waals surface area contributed by atoms with Crippen LogP contribution >= 0.6 is 0 Å². The van der Waals surface area contributed by atoms with Gasteiger partial charge in [0.15, 0.2) is 9.84 Å². The minimum absolute atomic E-state index is 0.0720. The first kappa shape index (κ1) is 15.0. The highest BCUT2D eigenvalue weighted by Gasteiger charge is 2.37. The zero-order valence-electron chi connectivity index (χ0n) is 11.2. The van der Waals surface area contributed by atoms with Crippen molar-refractivity contribution in [1.82, 2.24) is 4.90 Å². The van der Waals surface area contributed by atoms with Crippen molar-refractivity contribution in [2.45, 2.75) is 31.7 Å². The van der Waals surface area contributed by atoms with Gasteiger partial charge in [-0.3, -0.25) is 9.59 Å². The van der Waals surface area contributed by atoms with Crippen LogP contribution in [-0.4, -0.2) is 54.4 Å². The van der Waals surface area contributed by atoms with Crippen LogP contribution in [0.1, 0.15) is 25.7 Å². The number of hydrogen-bond acceptors (Lipinski definition) is 4. The van der Waals surface area contributed by atoms with E-state index in [1.165, 1.54) is 4.90 Å². The quantitative estimate of drug-likeness (QED) is 0.764. The molecule has 0 radical (unpaired) electrons. The second kappa shape index (κ2) is 5.95. The first-order valence-corrected chi connectivity index (χ1v) is 8.59. The molecule has 1 heterocycles. The lowest BCUT2D eigenvalue weighted by Crippen LogP contribution is -2.53. The Bertz CT molecular complexity index is 525. The summed E-state index contributed by atoms with van der Waals surface area (Å²) in [6.07, 6.45) is 5.91. The molecule has 2 rings (SSSR count). The molecular weight excluding hydrogens is 282 g/mol. The van der Waals surface area contributed by atoms with E-state index in [0.29, 0.717) is 6.42 Å². The van der Waals surface area contributed by atoms with Gasteiger partial charge in [-0.15, -0.1) is 0 Å². The number of sulfone groups is 1. The normalized spacial score (nSPS) is 29.1. The number of rotatable bonds is 3. The zero-order chi connectivity index (χ0) is 14.8. The van der Waals surface area contributed by atoms with E-state index in [0.717, 1.165) is 12.8 Å². The van der Waals surface area contributed by atoms with Gasteiger partial charge < -0.3 is 10.0 Å². The Morgan fingerprint density at radius 3 is 2.65 bits per heavy atom. The lowest BCUT2D eigenvalue weighted by molar-refractivity contribution is -0.142. The molecule has 7 heteroatoms. The molecule has 2 aliphatic rings. The molecule has 0 aromatic carbocycles. The third-order valence-corrected chi connectivity index (χ3v) is 5.54. The topological polar surface area (TPSA) is 91.8 Å². The summed E-state index contributed by atoms with van der Waals surface area (Å²) in [5.41, 5.74) is 0. The third-order valence-electron chi connectivity index (χ3n) is 3.84. The van der Waals surface area contributed by atoms with E-state index in [1.807, 2.05) is 12.2 Å². The maximum atomic E-state index is 12.5. The van der Waals surface area contributed by atoms with Crippen molar-refractivity contribution in [3.63, 3.8) is 0 Å². The molecule has 112 valence electrons. The van der Waals surface area contributed by atoms with Crippen LogP contribution in [0.25, 0.3) is 0 Å². The van der Waals surface area contributed by atoms with Gasteiger partial charge in [-0.25, -0.2) is 8.42 Å². The number of nitrogens with zero attached hydrogens (tertiary/aromatic N) is 1. The molecule has 0 spiro atoms. The molecule has 1 N–H and O–H groups in total. The Balaban J connectivity index is 2.12. The smallest absolute Gasteiger partial charge is 0.305 e. The lowest BCUT2D eigenvalue weighted by Gasteiger charge is -2.37. The van der Waals surface area contributed by atoms with Crippen LogP contribution < -0.4 is 0 Å². The summed E-state index contributed by atoms with van der Waals surface area (Å²) in [6, 6.07) is -0.732. The number of hydrogen-bond donors (Lipinski definition) is 1. The highest BCUT2D eigenvalue weighted by molar-refractivity contribution is 7.91. The molecule has 0 aromatic rings. The standard InChI is InChI=1S/C13H19NO5S/c15-12(16)8-11-9-20(18,19)7-6-14(11)13(17)10-4-2-1-3-5-10/h1-2,10-11H,3-9H2,(H,15,16). The van der Waals surface area contributed by atoms with Crippen LogP contribution in [0.4, 0.5) is 0 Å². The van der Waals surface area contributed by atoms with Gasteiger partial charge >= 0.3 is 5.97 Å². The van der Waals surface area contributed by atoms with Gasteiger partial charge in [0.2, 0.25) is 5.91 Å². The van der Waals surface area contributed by atoms with Crippen LogP contribution in [0, 0.1) is 5.92 Å². The molecule has 1 aliphatic carbocycles. The highest BCUT2D eigenvalue weighted by atomic mass is 32.2. The van der Waals surface area contributed by atoms with E-state index in [2.05, 4.69) is 0 Å². The number of amides is 1. The van der Waals surface area contributed by atoms with Crippen molar-refractivity contribution in [2.24, 2.45) is 5.92 Å². The Kier molecular flexibility index (Phi) is 4.47. The fourth-order valence-corrected chi connectivity index (χ4v) is 4.33. The highest BCUT2D eigenvalue weighted by Crippen LogP contribution is 2.24. The van der Waals surface area contributed by atoms with Crippen molar-refractivity contribution in [3.8, 4) is 0 Å². The molecule has 0 aromatic heterocycles. The van der Waals surface area contributed by atoms with Gasteiger partial charge in [-0.1, -0.05) is 12.2 Å². The van der Waals surface area contributed by atoms with Gasteiger partial charge in [-0.2, -0.15) is 0 Å². The second-order valence-electron chi connectivity index (χ2n) is 5.38. The van der Waals surface area contributed by atoms with Gasteiger partial charge in [0, 0.05) is 12.5 Å². The summed E-state index contributed by atoms with van der Waals surface area (Å²) in [4.78, 5) is 24.8. The molecule has 2 unspecified atom stereocenters. The van der Waals surface area contributed by atoms with Crippen LogP contribution in [-0.2, 0) is 19.4 Å². The average molecular weight is 301 g/mol. The zero-order valence-corrected chi connectivity index (χ0v) is 12.0. The van der Waals surface area contributed by atoms with Crippen LogP contribution in [0.5, 0.6) is 0 Å². The summed E-state index contributed by atoms with van der Waals surface area (Å²) in [5.74, 6) is -1.63. The monoisotopic (exact) mass is 301 g/mol. The van der Waals surface area contributed by atoms with E-state index in [4.69, 9.17) is 5.11 Å². The summed E-state index contributed by atoms with van der Waals surface area (Å²) in [5, 5.41) is 8.90. The van der Waals surface area contributed by atoms with Crippen LogP contribution in [0.3, 0.4) is 0 Å². The number of carbonyl (C=O) groups is 2. The maximum Gasteiger partial charge on any atom is 0.305 e. The second-order valence-corrected chi connectivity index (χ2v) is 7.61. The van der Waals surface area contributed by atoms with Crippen LogP contribution in [0.15, 0.2) is 12.2 Å². The predicted octanol–water partition coefficient (Wildman–Crippen LogP) is 0.443. The predicted molar refractivity (Wildman–Crippen MR) is 72.9 cm³/mol. The van der Waals surface area contributed by atoms with Gasteiger partial charge in [0.05, 0.1) is 24.0 Å². The molecule has 1 aliphatic heterocycles. The number of carboxylic acids is 1. The summed E-state index contributed by atoms with van der Waals surface area (Å²) in [7, 11) is -3.25. The van der Waals surface area contributed by atoms with E-state index in [-0.39, 0.29) is 36.3 Å². The van der Waals surface area contributed by atoms with Crippen molar-refractivity contribution in [1.29, 1.82) is 0 Å². The van der Waals surface area contributed by atoms with E-state index >= 15 is 0 Å². The molecule has 1 saturated heterocycles. The van der Waals surface area contributed by atoms with Crippen molar-refractivity contribution < 1.29 is 23.1 Å². The minimum Gasteiger partial charge on any atom is -0.481 e. The molecule has 2 atom stereocenters. The van der Waals surface area contributed by atoms with E-state index in [1.54, 1.807) is 0 Å². The lowest BCUT2D eigenvalue weighted by atomic mass is 9.92. The number of carbonyl (C=O) groups excluding carboxylic acids is 1. The minimum atomic E-state index is -3.25. The molecule has 0 bridgehead atoms. The van der Waals surface area contributed by atoms with Crippen molar-refractivity contribution in [2.75, 3.05) is 18.1 Å². The average Bonchev–Trinajstić information content (AvgIpc) is 2.37. The number of aliphatic carboxylic acids is 1. The van der Waals surface area contributed by atoms with Crippen molar-refractivity contribution in [3.05, 3.63) is 12.2 Å². The first-order valence-electron chi connectivity index (χ1n) is 6.77. The number of carboxylic acid groups (broad SMARTS) is 1. The molecule has 6 nitrogen and oxygen atoms in total. The summed E-state index contributed by atoms with van der Waals surface area (Å²) in [6.45, 7) is 0.110. The summed E-state index contributed by atoms with van der Waals surface area (Å²) >= 11 is 0. The molecule has 1 amide bonds. The first-order chi connectivity index (χ1) is 9.39. The van der Waals surface area contributed by atoms with Gasteiger partial charge in [0.1, 0.15) is 0 Å². The Labute approximate surface area is 118 Å². The molecule has 0 saturated carbocycles.